The van der Waals surface area contributed by atoms with Crippen molar-refractivity contribution < 1.29 is 9.53 Å². The van der Waals surface area contributed by atoms with Gasteiger partial charge in [-0.15, -0.1) is 0 Å². The van der Waals surface area contributed by atoms with E-state index < -0.39 is 0 Å². The van der Waals surface area contributed by atoms with Gasteiger partial charge >= 0.3 is 0 Å². The van der Waals surface area contributed by atoms with Crippen molar-refractivity contribution in [2.45, 2.75) is 54.0 Å². The van der Waals surface area contributed by atoms with Crippen LogP contribution >= 0.6 is 0 Å². The zero-order valence-electron chi connectivity index (χ0n) is 17.6. The van der Waals surface area contributed by atoms with Gasteiger partial charge in [0.25, 0.3) is 0 Å². The summed E-state index contributed by atoms with van der Waals surface area (Å²) in [5.74, 6) is 1.53. The molecule has 1 aromatic carbocycles. The Labute approximate surface area is 163 Å². The first-order valence-corrected chi connectivity index (χ1v) is 9.74. The van der Waals surface area contributed by atoms with E-state index in [2.05, 4.69) is 30.6 Å². The van der Waals surface area contributed by atoms with Crippen molar-refractivity contribution in [1.82, 2.24) is 14.7 Å². The molecular weight excluding hydrogens is 338 g/mol. The van der Waals surface area contributed by atoms with Crippen LogP contribution in [0.2, 0.25) is 0 Å². The molecule has 1 aromatic heterocycles. The van der Waals surface area contributed by atoms with Gasteiger partial charge in [-0.25, -0.2) is 0 Å². The molecular formula is C22H33N3O2. The lowest BCUT2D eigenvalue weighted by atomic mass is 10.1. The van der Waals surface area contributed by atoms with Gasteiger partial charge in [-0.05, 0) is 50.8 Å². The molecule has 0 saturated carbocycles. The van der Waals surface area contributed by atoms with Gasteiger partial charge in [0.2, 0.25) is 5.91 Å². The van der Waals surface area contributed by atoms with Crippen LogP contribution in [0.3, 0.4) is 0 Å². The van der Waals surface area contributed by atoms with Crippen molar-refractivity contribution in [3.63, 3.8) is 0 Å². The van der Waals surface area contributed by atoms with Crippen molar-refractivity contribution in [3.05, 3.63) is 46.8 Å². The van der Waals surface area contributed by atoms with Crippen molar-refractivity contribution in [3.8, 4) is 5.75 Å². The number of hydrogen-bond acceptors (Lipinski definition) is 3. The summed E-state index contributed by atoms with van der Waals surface area (Å²) in [6, 6.07) is 7.96. The van der Waals surface area contributed by atoms with E-state index in [0.29, 0.717) is 25.5 Å². The van der Waals surface area contributed by atoms with Crippen LogP contribution in [0.1, 0.15) is 42.8 Å². The summed E-state index contributed by atoms with van der Waals surface area (Å²) >= 11 is 0. The Balaban J connectivity index is 1.81. The maximum absolute atomic E-state index is 12.5. The lowest BCUT2D eigenvalue weighted by molar-refractivity contribution is -0.130. The monoisotopic (exact) mass is 371 g/mol. The maximum atomic E-state index is 12.5. The molecule has 27 heavy (non-hydrogen) atoms. The van der Waals surface area contributed by atoms with Crippen LogP contribution in [0.4, 0.5) is 0 Å². The molecule has 0 radical (unpaired) electrons. The van der Waals surface area contributed by atoms with Crippen molar-refractivity contribution in [1.29, 1.82) is 0 Å². The molecule has 0 aliphatic heterocycles. The van der Waals surface area contributed by atoms with Crippen molar-refractivity contribution in [2.75, 3.05) is 20.2 Å². The number of nitrogens with zero attached hydrogens (tertiary/aromatic N) is 3. The highest BCUT2D eigenvalue weighted by Crippen LogP contribution is 2.17. The highest BCUT2D eigenvalue weighted by molar-refractivity contribution is 5.76. The number of benzene rings is 1. The van der Waals surface area contributed by atoms with E-state index >= 15 is 0 Å². The molecule has 1 amide bonds. The van der Waals surface area contributed by atoms with Crippen LogP contribution in [0.15, 0.2) is 24.3 Å². The van der Waals surface area contributed by atoms with E-state index in [1.54, 1.807) is 4.90 Å². The zero-order valence-corrected chi connectivity index (χ0v) is 17.6. The highest BCUT2D eigenvalue weighted by atomic mass is 16.5. The molecule has 148 valence electrons. The predicted molar refractivity (Wildman–Crippen MR) is 109 cm³/mol. The molecule has 2 aromatic rings. The minimum absolute atomic E-state index is 0.137. The van der Waals surface area contributed by atoms with Crippen LogP contribution in [0.5, 0.6) is 5.75 Å². The molecule has 0 unspecified atom stereocenters. The van der Waals surface area contributed by atoms with E-state index in [1.807, 2.05) is 45.2 Å². The summed E-state index contributed by atoms with van der Waals surface area (Å²) in [4.78, 5) is 14.2. The van der Waals surface area contributed by atoms with Crippen LogP contribution in [0.25, 0.3) is 0 Å². The fraction of sp³-hybridized carbons (Fsp3) is 0.545. The standard InChI is InChI=1S/C22H33N3O2/c1-16(2)15-25-19(5)21(18(4)23-25)11-12-22(26)24(6)13-14-27-20-9-7-17(3)8-10-20/h7-10,16H,11-15H2,1-6H3. The summed E-state index contributed by atoms with van der Waals surface area (Å²) in [5.41, 5.74) is 4.62. The Kier molecular flexibility index (Phi) is 7.45. The first kappa shape index (κ1) is 21.0. The normalized spacial score (nSPS) is 11.1. The molecule has 0 aliphatic rings. The summed E-state index contributed by atoms with van der Waals surface area (Å²) in [7, 11) is 1.84. The van der Waals surface area contributed by atoms with Gasteiger partial charge in [0.15, 0.2) is 0 Å². The summed E-state index contributed by atoms with van der Waals surface area (Å²) in [5, 5.41) is 4.63. The first-order valence-electron chi connectivity index (χ1n) is 9.74. The molecule has 0 bridgehead atoms. The number of aryl methyl sites for hydroxylation is 2. The lowest BCUT2D eigenvalue weighted by Crippen LogP contribution is -2.31. The van der Waals surface area contributed by atoms with E-state index in [0.717, 1.165) is 24.4 Å². The predicted octanol–water partition coefficient (Wildman–Crippen LogP) is 3.93. The van der Waals surface area contributed by atoms with Crippen LogP contribution in [-0.2, 0) is 17.8 Å². The van der Waals surface area contributed by atoms with Gasteiger partial charge in [0.1, 0.15) is 12.4 Å². The van der Waals surface area contributed by atoms with Gasteiger partial charge in [-0.1, -0.05) is 31.5 Å². The van der Waals surface area contributed by atoms with Gasteiger partial charge in [0, 0.05) is 25.7 Å². The summed E-state index contributed by atoms with van der Waals surface area (Å²) in [6.45, 7) is 12.5. The number of ether oxygens (including phenoxy) is 1. The summed E-state index contributed by atoms with van der Waals surface area (Å²) in [6.07, 6.45) is 1.23. The van der Waals surface area contributed by atoms with Crippen LogP contribution in [0, 0.1) is 26.7 Å². The van der Waals surface area contributed by atoms with Gasteiger partial charge in [-0.2, -0.15) is 5.10 Å². The third-order valence-electron chi connectivity index (χ3n) is 4.80. The number of hydrogen-bond donors (Lipinski definition) is 0. The molecule has 0 fully saturated rings. The Hall–Kier alpha value is -2.30. The Bertz CT molecular complexity index is 748. The largest absolute Gasteiger partial charge is 0.492 e. The minimum Gasteiger partial charge on any atom is -0.492 e. The molecule has 1 heterocycles. The van der Waals surface area contributed by atoms with E-state index in [4.69, 9.17) is 4.74 Å². The van der Waals surface area contributed by atoms with Gasteiger partial charge < -0.3 is 9.64 Å². The number of carbonyl (C=O) groups is 1. The van der Waals surface area contributed by atoms with Crippen LogP contribution < -0.4 is 4.74 Å². The lowest BCUT2D eigenvalue weighted by Gasteiger charge is -2.17. The molecule has 0 aliphatic carbocycles. The van der Waals surface area contributed by atoms with E-state index in [9.17, 15) is 4.79 Å². The molecule has 5 nitrogen and oxygen atoms in total. The van der Waals surface area contributed by atoms with E-state index in [-0.39, 0.29) is 5.91 Å². The Morgan fingerprint density at radius 2 is 1.85 bits per heavy atom. The molecule has 0 atom stereocenters. The maximum Gasteiger partial charge on any atom is 0.222 e. The average molecular weight is 372 g/mol. The minimum atomic E-state index is 0.137. The Morgan fingerprint density at radius 3 is 2.48 bits per heavy atom. The molecule has 0 saturated heterocycles. The fourth-order valence-corrected chi connectivity index (χ4v) is 3.10. The molecule has 0 spiro atoms. The van der Waals surface area contributed by atoms with Gasteiger partial charge in [-0.3, -0.25) is 9.48 Å². The quantitative estimate of drug-likeness (QED) is 0.671. The highest BCUT2D eigenvalue weighted by Gasteiger charge is 2.15. The third kappa shape index (κ3) is 6.12. The number of amides is 1. The molecule has 2 rings (SSSR count). The number of aromatic nitrogens is 2. The number of likely N-dealkylation sites (N-methyl/N-ethyl adjacent to an activating group) is 1. The van der Waals surface area contributed by atoms with Crippen LogP contribution in [-0.4, -0.2) is 40.8 Å². The molecule has 5 heteroatoms. The second kappa shape index (κ2) is 9.58. The SMILES string of the molecule is Cc1ccc(OCCN(C)C(=O)CCc2c(C)nn(CC(C)C)c2C)cc1. The van der Waals surface area contributed by atoms with Gasteiger partial charge in [0.05, 0.1) is 12.2 Å². The molecule has 0 N–H and O–H groups in total. The Morgan fingerprint density at radius 1 is 1.19 bits per heavy atom. The average Bonchev–Trinajstić information content (AvgIpc) is 2.87. The second-order valence-corrected chi connectivity index (χ2v) is 7.70. The first-order chi connectivity index (χ1) is 12.8. The zero-order chi connectivity index (χ0) is 20.0. The van der Waals surface area contributed by atoms with Crippen molar-refractivity contribution in [2.24, 2.45) is 5.92 Å². The van der Waals surface area contributed by atoms with E-state index in [1.165, 1.54) is 16.8 Å². The third-order valence-corrected chi connectivity index (χ3v) is 4.80. The topological polar surface area (TPSA) is 47.4 Å². The number of rotatable bonds is 9. The smallest absolute Gasteiger partial charge is 0.222 e. The fourth-order valence-electron chi connectivity index (χ4n) is 3.10. The van der Waals surface area contributed by atoms with Crippen molar-refractivity contribution >= 4 is 5.91 Å². The summed E-state index contributed by atoms with van der Waals surface area (Å²) < 4.78 is 7.78. The second-order valence-electron chi connectivity index (χ2n) is 7.70. The number of carbonyl (C=O) groups excluding carboxylic acids is 1.